The van der Waals surface area contributed by atoms with Gasteiger partial charge >= 0.3 is 23.7 Å². The van der Waals surface area contributed by atoms with Gasteiger partial charge in [-0.25, -0.2) is 13.6 Å². The molecule has 3 heterocycles. The topological polar surface area (TPSA) is 93.4 Å². The summed E-state index contributed by atoms with van der Waals surface area (Å²) in [5, 5.41) is 2.21. The molecule has 170 valence electrons. The zero-order chi connectivity index (χ0) is 23.1. The van der Waals surface area contributed by atoms with Crippen molar-refractivity contribution in [3.63, 3.8) is 0 Å². The van der Waals surface area contributed by atoms with E-state index in [9.17, 15) is 41.1 Å². The number of carbonyl (C=O) groups excluding carboxylic acids is 2. The van der Waals surface area contributed by atoms with Crippen molar-refractivity contribution in [2.45, 2.75) is 45.6 Å². The summed E-state index contributed by atoms with van der Waals surface area (Å²) in [6, 6.07) is 0. The van der Waals surface area contributed by atoms with Gasteiger partial charge in [-0.1, -0.05) is 0 Å². The molecule has 8 nitrogen and oxygen atoms in total. The highest BCUT2D eigenvalue weighted by molar-refractivity contribution is 7.18. The number of carbonyl (C=O) groups is 2. The van der Waals surface area contributed by atoms with Crippen LogP contribution in [-0.2, 0) is 29.2 Å². The van der Waals surface area contributed by atoms with Crippen LogP contribution in [-0.4, -0.2) is 51.5 Å². The first kappa shape index (κ1) is 22.9. The van der Waals surface area contributed by atoms with Crippen LogP contribution in [0.1, 0.15) is 16.9 Å². The zero-order valence-electron chi connectivity index (χ0n) is 16.1. The van der Waals surface area contributed by atoms with Crippen LogP contribution in [0.3, 0.4) is 0 Å². The summed E-state index contributed by atoms with van der Waals surface area (Å²) in [6.45, 7) is -0.392. The van der Waals surface area contributed by atoms with Crippen molar-refractivity contribution in [3.8, 4) is 0 Å². The predicted molar refractivity (Wildman–Crippen MR) is 100 cm³/mol. The predicted octanol–water partition coefficient (Wildman–Crippen LogP) is 1.21. The number of piperazine rings is 1. The molecule has 31 heavy (non-hydrogen) atoms. The number of alkyl halides is 5. The van der Waals surface area contributed by atoms with Crippen LogP contribution in [0.5, 0.6) is 0 Å². The maximum Gasteiger partial charge on any atom is 0.390 e. The van der Waals surface area contributed by atoms with Crippen molar-refractivity contribution >= 4 is 33.4 Å². The summed E-state index contributed by atoms with van der Waals surface area (Å²) in [6.07, 6.45) is -9.08. The van der Waals surface area contributed by atoms with Crippen molar-refractivity contribution in [2.75, 3.05) is 13.1 Å². The SMILES string of the molecule is Cc1c(CN2CCNC(=O)C2=O)sc2c1c(=O)n(CC(F)F)c(=O)n2CCC(F)(F)F. The molecule has 1 saturated heterocycles. The number of hydrogen-bond donors (Lipinski definition) is 1. The van der Waals surface area contributed by atoms with Crippen LogP contribution in [0, 0.1) is 6.92 Å². The molecular weight excluding hydrogens is 451 g/mol. The fraction of sp³-hybridized carbons (Fsp3) is 0.529. The minimum atomic E-state index is -4.61. The highest BCUT2D eigenvalue weighted by atomic mass is 32.1. The van der Waals surface area contributed by atoms with Gasteiger partial charge in [0.1, 0.15) is 4.83 Å². The van der Waals surface area contributed by atoms with Gasteiger partial charge in [0.2, 0.25) is 0 Å². The van der Waals surface area contributed by atoms with E-state index in [1.807, 2.05) is 0 Å². The van der Waals surface area contributed by atoms with Gasteiger partial charge in [-0.15, -0.1) is 11.3 Å². The maximum atomic E-state index is 12.9. The molecule has 2 aromatic rings. The molecule has 0 saturated carbocycles. The van der Waals surface area contributed by atoms with Gasteiger partial charge in [0, 0.05) is 24.5 Å². The molecule has 2 amide bonds. The van der Waals surface area contributed by atoms with Gasteiger partial charge in [-0.2, -0.15) is 13.2 Å². The van der Waals surface area contributed by atoms with E-state index in [1.165, 1.54) is 11.8 Å². The zero-order valence-corrected chi connectivity index (χ0v) is 16.9. The van der Waals surface area contributed by atoms with Crippen LogP contribution in [0.25, 0.3) is 10.2 Å². The Morgan fingerprint density at radius 1 is 1.13 bits per heavy atom. The third-order valence-corrected chi connectivity index (χ3v) is 6.12. The van der Waals surface area contributed by atoms with Gasteiger partial charge in [-0.05, 0) is 12.5 Å². The lowest BCUT2D eigenvalue weighted by molar-refractivity contribution is -0.148. The number of aryl methyl sites for hydroxylation is 2. The summed E-state index contributed by atoms with van der Waals surface area (Å²) in [7, 11) is 0. The Hall–Kier alpha value is -2.77. The second-order valence-electron chi connectivity index (χ2n) is 6.92. The summed E-state index contributed by atoms with van der Waals surface area (Å²) in [4.78, 5) is 50.4. The number of rotatable bonds is 6. The fourth-order valence-corrected chi connectivity index (χ4v) is 4.61. The molecule has 1 N–H and O–H groups in total. The van der Waals surface area contributed by atoms with Crippen LogP contribution in [0.4, 0.5) is 22.0 Å². The van der Waals surface area contributed by atoms with Crippen molar-refractivity contribution in [3.05, 3.63) is 31.3 Å². The molecule has 1 fully saturated rings. The highest BCUT2D eigenvalue weighted by Crippen LogP contribution is 2.30. The summed E-state index contributed by atoms with van der Waals surface area (Å²) in [5.41, 5.74) is -2.04. The number of nitrogens with one attached hydrogen (secondary N) is 1. The molecule has 0 atom stereocenters. The van der Waals surface area contributed by atoms with Crippen molar-refractivity contribution in [1.82, 2.24) is 19.4 Å². The fourth-order valence-electron chi connectivity index (χ4n) is 3.28. The van der Waals surface area contributed by atoms with E-state index in [4.69, 9.17) is 0 Å². The monoisotopic (exact) mass is 468 g/mol. The number of aromatic nitrogens is 2. The average molecular weight is 468 g/mol. The van der Waals surface area contributed by atoms with Crippen LogP contribution < -0.4 is 16.6 Å². The largest absolute Gasteiger partial charge is 0.390 e. The molecular formula is C17H17F5N4O4S. The first-order chi connectivity index (χ1) is 14.4. The highest BCUT2D eigenvalue weighted by Gasteiger charge is 2.30. The van der Waals surface area contributed by atoms with E-state index < -0.39 is 55.2 Å². The minimum Gasteiger partial charge on any atom is -0.346 e. The Kier molecular flexibility index (Phi) is 6.21. The Labute approximate surface area is 174 Å². The molecule has 2 aromatic heterocycles. The van der Waals surface area contributed by atoms with E-state index >= 15 is 0 Å². The molecule has 14 heteroatoms. The molecule has 0 aromatic carbocycles. The first-order valence-corrected chi connectivity index (χ1v) is 9.90. The average Bonchev–Trinajstić information content (AvgIpc) is 2.97. The van der Waals surface area contributed by atoms with Crippen LogP contribution >= 0.6 is 11.3 Å². The first-order valence-electron chi connectivity index (χ1n) is 9.08. The van der Waals surface area contributed by atoms with E-state index in [2.05, 4.69) is 5.32 Å². The van der Waals surface area contributed by atoms with Gasteiger partial charge in [0.15, 0.2) is 0 Å². The number of thiophene rings is 1. The van der Waals surface area contributed by atoms with Crippen LogP contribution in [0.2, 0.25) is 0 Å². The van der Waals surface area contributed by atoms with Crippen molar-refractivity contribution in [1.29, 1.82) is 0 Å². The summed E-state index contributed by atoms with van der Waals surface area (Å²) < 4.78 is 65.0. The second kappa shape index (κ2) is 8.40. The van der Waals surface area contributed by atoms with Crippen molar-refractivity contribution < 1.29 is 31.5 Å². The Morgan fingerprint density at radius 2 is 1.81 bits per heavy atom. The van der Waals surface area contributed by atoms with Gasteiger partial charge in [0.05, 0.1) is 24.9 Å². The lowest BCUT2D eigenvalue weighted by atomic mass is 10.2. The third-order valence-electron chi connectivity index (χ3n) is 4.82. The van der Waals surface area contributed by atoms with E-state index in [0.29, 0.717) is 9.44 Å². The Morgan fingerprint density at radius 3 is 2.42 bits per heavy atom. The van der Waals surface area contributed by atoms with Gasteiger partial charge < -0.3 is 10.2 Å². The molecule has 1 aliphatic rings. The smallest absolute Gasteiger partial charge is 0.346 e. The summed E-state index contributed by atoms with van der Waals surface area (Å²) in [5.74, 6) is -1.63. The molecule has 0 unspecified atom stereocenters. The van der Waals surface area contributed by atoms with Gasteiger partial charge in [0.25, 0.3) is 12.0 Å². The van der Waals surface area contributed by atoms with E-state index in [-0.39, 0.29) is 40.0 Å². The Bertz CT molecular complexity index is 1150. The minimum absolute atomic E-state index is 0.0915. The van der Waals surface area contributed by atoms with Crippen molar-refractivity contribution in [2.24, 2.45) is 0 Å². The number of hydrogen-bond acceptors (Lipinski definition) is 5. The number of amides is 2. The quantitative estimate of drug-likeness (QED) is 0.510. The summed E-state index contributed by atoms with van der Waals surface area (Å²) >= 11 is 0.823. The number of halogens is 5. The maximum absolute atomic E-state index is 12.9. The lowest BCUT2D eigenvalue weighted by Crippen LogP contribution is -2.51. The molecule has 3 rings (SSSR count). The molecule has 0 spiro atoms. The van der Waals surface area contributed by atoms with Crippen LogP contribution in [0.15, 0.2) is 9.59 Å². The second-order valence-corrected chi connectivity index (χ2v) is 8.00. The standard InChI is InChI=1S/C17H17F5N4O4S/c1-8-9(6-24-5-3-23-12(27)14(24)29)31-15-11(8)13(28)26(7-10(18)19)16(30)25(15)4-2-17(20,21)22/h10H,2-7H2,1H3,(H,23,27). The van der Waals surface area contributed by atoms with Gasteiger partial charge in [-0.3, -0.25) is 23.5 Å². The molecule has 0 bridgehead atoms. The number of nitrogens with zero attached hydrogens (tertiary/aromatic N) is 3. The van der Waals surface area contributed by atoms with E-state index in [1.54, 1.807) is 0 Å². The normalized spacial score (nSPS) is 15.3. The molecule has 0 aliphatic carbocycles. The number of fused-ring (bicyclic) bond motifs is 1. The molecule has 1 aliphatic heterocycles. The lowest BCUT2D eigenvalue weighted by Gasteiger charge is -2.26. The van der Waals surface area contributed by atoms with E-state index in [0.717, 1.165) is 11.3 Å². The third kappa shape index (κ3) is 4.62. The Balaban J connectivity index is 2.15. The molecule has 0 radical (unpaired) electrons.